The average Bonchev–Trinajstić information content (AvgIpc) is 3.40. The number of benzene rings is 1. The molecule has 0 saturated carbocycles. The van der Waals surface area contributed by atoms with Crippen molar-refractivity contribution in [2.75, 3.05) is 18.4 Å². The average molecular weight is 409 g/mol. The van der Waals surface area contributed by atoms with Gasteiger partial charge in [0.15, 0.2) is 0 Å². The van der Waals surface area contributed by atoms with Gasteiger partial charge in [-0.25, -0.2) is 4.68 Å². The van der Waals surface area contributed by atoms with Crippen molar-refractivity contribution in [3.8, 4) is 0 Å². The van der Waals surface area contributed by atoms with Crippen LogP contribution < -0.4 is 5.32 Å². The van der Waals surface area contributed by atoms with E-state index in [1.807, 2.05) is 39.2 Å². The van der Waals surface area contributed by atoms with Gasteiger partial charge in [-0.1, -0.05) is 35.9 Å². The number of thiophene rings is 1. The van der Waals surface area contributed by atoms with E-state index in [1.54, 1.807) is 6.20 Å². The third kappa shape index (κ3) is 4.56. The van der Waals surface area contributed by atoms with E-state index in [0.29, 0.717) is 38.3 Å². The lowest BCUT2D eigenvalue weighted by molar-refractivity contribution is -0.121. The normalized spacial score (nSPS) is 14.7. The highest BCUT2D eigenvalue weighted by Crippen LogP contribution is 2.22. The minimum Gasteiger partial charge on any atom is -0.338 e. The minimum absolute atomic E-state index is 0.000727. The number of hydrogen-bond acceptors (Lipinski definition) is 4. The summed E-state index contributed by atoms with van der Waals surface area (Å²) < 4.78 is 1.81. The molecule has 3 heterocycles. The van der Waals surface area contributed by atoms with Gasteiger partial charge in [-0.2, -0.15) is 5.10 Å². The first kappa shape index (κ1) is 19.4. The third-order valence-corrected chi connectivity index (χ3v) is 6.13. The lowest BCUT2D eigenvalue weighted by Gasteiger charge is -2.31. The second kappa shape index (κ2) is 8.61. The molecule has 0 atom stereocenters. The Morgan fingerprint density at radius 3 is 2.72 bits per heavy atom. The number of nitrogens with one attached hydrogen (secondary N) is 1. The van der Waals surface area contributed by atoms with Gasteiger partial charge in [-0.15, -0.1) is 11.3 Å². The summed E-state index contributed by atoms with van der Waals surface area (Å²) in [5.41, 5.74) is 2.34. The zero-order chi connectivity index (χ0) is 20.2. The molecule has 0 aliphatic carbocycles. The standard InChI is InChI=1S/C22H24N4O2S/c1-16-4-2-5-17(14-16)15-26-20(7-10-23-26)24-21(27)18-8-11-25(12-9-18)22(28)19-6-3-13-29-19/h2-7,10,13-14,18H,8-9,11-12,15H2,1H3,(H,24,27). The summed E-state index contributed by atoms with van der Waals surface area (Å²) in [5, 5.41) is 9.29. The fourth-order valence-corrected chi connectivity index (χ4v) is 4.37. The molecule has 2 aromatic heterocycles. The summed E-state index contributed by atoms with van der Waals surface area (Å²) in [6.07, 6.45) is 3.05. The van der Waals surface area contributed by atoms with Gasteiger partial charge in [-0.3, -0.25) is 9.59 Å². The first-order chi connectivity index (χ1) is 14.1. The molecule has 4 rings (SSSR count). The second-order valence-corrected chi connectivity index (χ2v) is 8.34. The van der Waals surface area contributed by atoms with Crippen LogP contribution in [0.2, 0.25) is 0 Å². The van der Waals surface area contributed by atoms with Crippen molar-refractivity contribution in [3.05, 3.63) is 70.0 Å². The zero-order valence-corrected chi connectivity index (χ0v) is 17.2. The Kier molecular flexibility index (Phi) is 5.76. The molecule has 0 bridgehead atoms. The summed E-state index contributed by atoms with van der Waals surface area (Å²) in [6, 6.07) is 13.8. The molecule has 6 nitrogen and oxygen atoms in total. The number of likely N-dealkylation sites (tertiary alicyclic amines) is 1. The maximum Gasteiger partial charge on any atom is 0.263 e. The molecule has 3 aromatic rings. The lowest BCUT2D eigenvalue weighted by Crippen LogP contribution is -2.41. The molecule has 1 saturated heterocycles. The largest absolute Gasteiger partial charge is 0.338 e. The molecule has 150 valence electrons. The van der Waals surface area contributed by atoms with Crippen molar-refractivity contribution in [3.63, 3.8) is 0 Å². The molecule has 1 fully saturated rings. The first-order valence-corrected chi connectivity index (χ1v) is 10.7. The fraction of sp³-hybridized carbons (Fsp3) is 0.318. The van der Waals surface area contributed by atoms with Crippen molar-refractivity contribution in [1.82, 2.24) is 14.7 Å². The van der Waals surface area contributed by atoms with E-state index < -0.39 is 0 Å². The molecular weight excluding hydrogens is 384 g/mol. The summed E-state index contributed by atoms with van der Waals surface area (Å²) in [5.74, 6) is 0.674. The molecule has 1 aromatic carbocycles. The maximum absolute atomic E-state index is 12.8. The van der Waals surface area contributed by atoms with Crippen LogP contribution in [0.4, 0.5) is 5.82 Å². The van der Waals surface area contributed by atoms with Crippen LogP contribution in [0, 0.1) is 12.8 Å². The van der Waals surface area contributed by atoms with Gasteiger partial charge in [0.05, 0.1) is 17.6 Å². The lowest BCUT2D eigenvalue weighted by atomic mass is 9.96. The van der Waals surface area contributed by atoms with Gasteiger partial charge in [0.1, 0.15) is 5.82 Å². The SMILES string of the molecule is Cc1cccc(Cn2nccc2NC(=O)C2CCN(C(=O)c3cccs3)CC2)c1. The maximum atomic E-state index is 12.8. The monoisotopic (exact) mass is 408 g/mol. The molecular formula is C22H24N4O2S. The van der Waals surface area contributed by atoms with Crippen LogP contribution in [0.5, 0.6) is 0 Å². The zero-order valence-electron chi connectivity index (χ0n) is 16.4. The van der Waals surface area contributed by atoms with E-state index in [9.17, 15) is 9.59 Å². The van der Waals surface area contributed by atoms with Gasteiger partial charge >= 0.3 is 0 Å². The Balaban J connectivity index is 1.34. The summed E-state index contributed by atoms with van der Waals surface area (Å²) in [7, 11) is 0. The molecule has 1 aliphatic rings. The second-order valence-electron chi connectivity index (χ2n) is 7.40. The van der Waals surface area contributed by atoms with E-state index in [1.165, 1.54) is 16.9 Å². The molecule has 1 aliphatic heterocycles. The van der Waals surface area contributed by atoms with Crippen LogP contribution in [-0.2, 0) is 11.3 Å². The number of rotatable bonds is 5. The Bertz CT molecular complexity index is 988. The minimum atomic E-state index is -0.0929. The number of hydrogen-bond donors (Lipinski definition) is 1. The smallest absolute Gasteiger partial charge is 0.263 e. The molecule has 0 spiro atoms. The van der Waals surface area contributed by atoms with Gasteiger partial charge < -0.3 is 10.2 Å². The Hall–Kier alpha value is -2.93. The highest BCUT2D eigenvalue weighted by atomic mass is 32.1. The number of carbonyl (C=O) groups excluding carboxylic acids is 2. The van der Waals surface area contributed by atoms with Crippen LogP contribution >= 0.6 is 11.3 Å². The quantitative estimate of drug-likeness (QED) is 0.698. The van der Waals surface area contributed by atoms with Crippen LogP contribution in [0.3, 0.4) is 0 Å². The summed E-state index contributed by atoms with van der Waals surface area (Å²) in [4.78, 5) is 27.8. The number of aromatic nitrogens is 2. The Morgan fingerprint density at radius 1 is 1.17 bits per heavy atom. The highest BCUT2D eigenvalue weighted by Gasteiger charge is 2.28. The summed E-state index contributed by atoms with van der Waals surface area (Å²) in [6.45, 7) is 3.89. The third-order valence-electron chi connectivity index (χ3n) is 5.27. The molecule has 2 amide bonds. The molecule has 0 unspecified atom stereocenters. The van der Waals surface area contributed by atoms with Gasteiger partial charge in [0, 0.05) is 25.1 Å². The van der Waals surface area contributed by atoms with Crippen molar-refractivity contribution >= 4 is 29.0 Å². The van der Waals surface area contributed by atoms with Crippen molar-refractivity contribution in [2.45, 2.75) is 26.3 Å². The molecule has 1 N–H and O–H groups in total. The van der Waals surface area contributed by atoms with Gasteiger partial charge in [-0.05, 0) is 36.8 Å². The Morgan fingerprint density at radius 2 is 2.00 bits per heavy atom. The highest BCUT2D eigenvalue weighted by molar-refractivity contribution is 7.12. The number of nitrogens with zero attached hydrogens (tertiary/aromatic N) is 3. The van der Waals surface area contributed by atoms with Crippen molar-refractivity contribution in [1.29, 1.82) is 0 Å². The van der Waals surface area contributed by atoms with Gasteiger partial charge in [0.2, 0.25) is 5.91 Å². The number of amides is 2. The fourth-order valence-electron chi connectivity index (χ4n) is 3.68. The molecule has 0 radical (unpaired) electrons. The van der Waals surface area contributed by atoms with E-state index >= 15 is 0 Å². The molecule has 7 heteroatoms. The van der Waals surface area contributed by atoms with Crippen LogP contribution in [0.25, 0.3) is 0 Å². The van der Waals surface area contributed by atoms with Crippen molar-refractivity contribution in [2.24, 2.45) is 5.92 Å². The van der Waals surface area contributed by atoms with E-state index in [-0.39, 0.29) is 17.7 Å². The van der Waals surface area contributed by atoms with Crippen molar-refractivity contribution < 1.29 is 9.59 Å². The Labute approximate surface area is 174 Å². The predicted octanol–water partition coefficient (Wildman–Crippen LogP) is 3.79. The molecule has 29 heavy (non-hydrogen) atoms. The van der Waals surface area contributed by atoms with E-state index in [0.717, 1.165) is 10.4 Å². The first-order valence-electron chi connectivity index (χ1n) is 9.81. The summed E-state index contributed by atoms with van der Waals surface area (Å²) >= 11 is 1.46. The number of anilines is 1. The predicted molar refractivity (Wildman–Crippen MR) is 114 cm³/mol. The van der Waals surface area contributed by atoms with Crippen LogP contribution in [-0.4, -0.2) is 39.6 Å². The van der Waals surface area contributed by atoms with E-state index in [2.05, 4.69) is 35.5 Å². The van der Waals surface area contributed by atoms with E-state index in [4.69, 9.17) is 0 Å². The number of piperidine rings is 1. The van der Waals surface area contributed by atoms with Crippen LogP contribution in [0.15, 0.2) is 54.0 Å². The van der Waals surface area contributed by atoms with Gasteiger partial charge in [0.25, 0.3) is 5.91 Å². The topological polar surface area (TPSA) is 67.2 Å². The van der Waals surface area contributed by atoms with Crippen LogP contribution in [0.1, 0.15) is 33.6 Å². The number of carbonyl (C=O) groups is 2. The number of aryl methyl sites for hydroxylation is 1.